The number of likely N-dealkylation sites (tertiary alicyclic amines) is 1. The molecule has 13 nitrogen and oxygen atoms in total. The van der Waals surface area contributed by atoms with E-state index >= 15 is 0 Å². The maximum atomic E-state index is 14.9. The van der Waals surface area contributed by atoms with Crippen LogP contribution < -0.4 is 34.6 Å². The van der Waals surface area contributed by atoms with Gasteiger partial charge in [-0.15, -0.1) is 11.3 Å². The number of esters is 1. The van der Waals surface area contributed by atoms with Crippen molar-refractivity contribution in [1.29, 1.82) is 0 Å². The van der Waals surface area contributed by atoms with E-state index in [0.29, 0.717) is 30.3 Å². The highest BCUT2D eigenvalue weighted by atomic mass is 127. The third-order valence-corrected chi connectivity index (χ3v) is 16.5. The lowest BCUT2D eigenvalue weighted by molar-refractivity contribution is -0.910. The summed E-state index contributed by atoms with van der Waals surface area (Å²) >= 11 is 1.29. The first-order valence-electron chi connectivity index (χ1n) is 24.4. The molecule has 3 unspecified atom stereocenters. The van der Waals surface area contributed by atoms with Crippen molar-refractivity contribution < 1.29 is 61.4 Å². The van der Waals surface area contributed by atoms with Crippen LogP contribution in [0.1, 0.15) is 78.6 Å². The fourth-order valence-electron chi connectivity index (χ4n) is 10.4. The van der Waals surface area contributed by atoms with Crippen molar-refractivity contribution in [3.05, 3.63) is 202 Å². The molecule has 5 heterocycles. The number of benzene rings is 5. The summed E-state index contributed by atoms with van der Waals surface area (Å²) in [5.74, 6) is -1.97. The van der Waals surface area contributed by atoms with E-state index in [9.17, 15) is 18.6 Å². The third-order valence-electron chi connectivity index (χ3n) is 14.1. The molecule has 4 aliphatic rings. The molecule has 10 rings (SSSR count). The molecule has 0 saturated carbocycles. The maximum absolute atomic E-state index is 14.9. The molecule has 4 aliphatic heterocycles. The number of β-lactam (4-membered cyclic amide) rings is 1. The van der Waals surface area contributed by atoms with Crippen LogP contribution in [0.3, 0.4) is 0 Å². The van der Waals surface area contributed by atoms with E-state index in [1.165, 1.54) is 16.2 Å². The van der Waals surface area contributed by atoms with Gasteiger partial charge in [0.05, 0.1) is 42.8 Å². The van der Waals surface area contributed by atoms with Gasteiger partial charge in [-0.1, -0.05) is 157 Å². The molecular weight excluding hydrogens is 1060 g/mol. The number of likely N-dealkylation sites (N-methyl/N-ethyl adjacent to an activating group) is 1. The van der Waals surface area contributed by atoms with Crippen LogP contribution in [0.4, 0.5) is 5.13 Å². The maximum Gasteiger partial charge on any atom is 0.356 e. The van der Waals surface area contributed by atoms with Crippen molar-refractivity contribution in [2.75, 3.05) is 43.9 Å². The van der Waals surface area contributed by atoms with Crippen LogP contribution in [-0.4, -0.2) is 98.3 Å². The number of rotatable bonds is 17. The fraction of sp³-hybridized carbons (Fsp3) is 0.304. The monoisotopic (exact) mass is 1120 g/mol. The van der Waals surface area contributed by atoms with Gasteiger partial charge in [-0.05, 0) is 47.6 Å². The second kappa shape index (κ2) is 22.8. The quantitative estimate of drug-likeness (QED) is 0.0232. The summed E-state index contributed by atoms with van der Waals surface area (Å²) in [7, 11) is -1.70. The topological polar surface area (TPSA) is 149 Å². The average Bonchev–Trinajstić information content (AvgIpc) is 4.10. The first kappa shape index (κ1) is 50.9. The second-order valence-corrected chi connectivity index (χ2v) is 20.8. The number of carbonyl (C=O) groups is 3. The summed E-state index contributed by atoms with van der Waals surface area (Å²) < 4.78 is 27.5. The van der Waals surface area contributed by atoms with E-state index in [4.69, 9.17) is 19.3 Å². The number of aromatic nitrogens is 1. The highest BCUT2D eigenvalue weighted by Gasteiger charge is 2.58. The van der Waals surface area contributed by atoms with Gasteiger partial charge in [0.1, 0.15) is 34.9 Å². The number of nitrogens with one attached hydrogen (secondary N) is 2. The van der Waals surface area contributed by atoms with Crippen LogP contribution in [-0.2, 0) is 45.0 Å². The first-order valence-corrected chi connectivity index (χ1v) is 26.7. The molecule has 4 atom stereocenters. The highest BCUT2D eigenvalue weighted by Crippen LogP contribution is 2.42. The van der Waals surface area contributed by atoms with Gasteiger partial charge >= 0.3 is 5.97 Å². The van der Waals surface area contributed by atoms with Crippen LogP contribution >= 0.6 is 11.3 Å². The molecular formula is C56H57IN6O7S2. The Bertz CT molecular complexity index is 2780. The summed E-state index contributed by atoms with van der Waals surface area (Å²) in [6.07, 6.45) is 2.94. The van der Waals surface area contributed by atoms with E-state index in [0.717, 1.165) is 77.6 Å². The lowest BCUT2D eigenvalue weighted by atomic mass is 9.77. The highest BCUT2D eigenvalue weighted by molar-refractivity contribution is 7.86. The normalized spacial score (nSPS) is 20.7. The molecule has 3 saturated heterocycles. The average molecular weight is 1120 g/mol. The molecule has 5 aromatic carbocycles. The number of hydrogen-bond acceptors (Lipinski definition) is 11. The Morgan fingerprint density at radius 2 is 1.39 bits per heavy atom. The zero-order valence-electron chi connectivity index (χ0n) is 39.9. The minimum Gasteiger partial charge on any atom is -1.00 e. The van der Waals surface area contributed by atoms with Crippen molar-refractivity contribution in [1.82, 2.24) is 15.2 Å². The van der Waals surface area contributed by atoms with Crippen LogP contribution in [0.15, 0.2) is 173 Å². The first-order chi connectivity index (χ1) is 34.8. The van der Waals surface area contributed by atoms with E-state index < -0.39 is 57.9 Å². The van der Waals surface area contributed by atoms with E-state index in [-0.39, 0.29) is 46.8 Å². The number of amides is 2. The van der Waals surface area contributed by atoms with E-state index in [2.05, 4.69) is 59.1 Å². The molecule has 0 aliphatic carbocycles. The minimum absolute atomic E-state index is 0. The summed E-state index contributed by atoms with van der Waals surface area (Å²) in [5, 5.41) is 12.2. The summed E-state index contributed by atoms with van der Waals surface area (Å²) in [5.41, 5.74) is 4.26. The summed E-state index contributed by atoms with van der Waals surface area (Å²) in [6.45, 7) is 5.72. The molecule has 0 spiro atoms. The third kappa shape index (κ3) is 10.4. The molecule has 2 N–H and O–H groups in total. The predicted molar refractivity (Wildman–Crippen MR) is 274 cm³/mol. The number of anilines is 1. The number of nitrogens with zero attached hydrogens (tertiary/aromatic N) is 4. The van der Waals surface area contributed by atoms with Crippen molar-refractivity contribution >= 4 is 50.8 Å². The molecule has 0 bridgehead atoms. The lowest BCUT2D eigenvalue weighted by Crippen LogP contribution is -3.00. The van der Waals surface area contributed by atoms with Gasteiger partial charge in [0, 0.05) is 30.2 Å². The molecule has 6 aromatic rings. The van der Waals surface area contributed by atoms with Gasteiger partial charge in [0.25, 0.3) is 11.8 Å². The zero-order chi connectivity index (χ0) is 48.8. The standard InChI is InChI=1S/C56H56N6O7S2.HI/c1-2-62(33-19-20-34-62)36-41-38-71(66)53-48(52(64)61(53)49(41)54(65)68-50(39-22-8-3-9-23-39)40-24-10-4-11-25-40)58-51(63)47(60-69-46-32-18-21-35-67-46)45-37-70-55(57-45)59-56(42-26-12-5-13-27-42,43-28-14-6-15-29-43)44-30-16-7-17-31-44;/h3-17,22-31,37,46,48,50,53H,2,18-21,32-36,38H2,1H3,(H-,57,58,59,63);1H/t46?,48?,53-,71?;/m0./s1. The number of carbonyl (C=O) groups excluding carboxylic acids is 3. The Hall–Kier alpha value is -6.05. The Kier molecular flexibility index (Phi) is 16.1. The largest absolute Gasteiger partial charge is 1.00 e. The zero-order valence-corrected chi connectivity index (χ0v) is 43.7. The molecule has 72 heavy (non-hydrogen) atoms. The number of fused-ring (bicyclic) bond motifs is 1. The van der Waals surface area contributed by atoms with Gasteiger partial charge in [-0.2, -0.15) is 0 Å². The summed E-state index contributed by atoms with van der Waals surface area (Å²) in [6, 6.07) is 48.0. The van der Waals surface area contributed by atoms with Gasteiger partial charge in [0.15, 0.2) is 16.9 Å². The molecule has 16 heteroatoms. The van der Waals surface area contributed by atoms with E-state index in [1.807, 2.05) is 115 Å². The summed E-state index contributed by atoms with van der Waals surface area (Å²) in [4.78, 5) is 56.5. The Balaban J connectivity index is 0.00000640. The number of ether oxygens (including phenoxy) is 2. The van der Waals surface area contributed by atoms with Crippen LogP contribution in [0.5, 0.6) is 0 Å². The van der Waals surface area contributed by atoms with Crippen LogP contribution in [0, 0.1) is 0 Å². The lowest BCUT2D eigenvalue weighted by Gasteiger charge is -2.50. The molecule has 372 valence electrons. The number of halogens is 1. The predicted octanol–water partition coefficient (Wildman–Crippen LogP) is 5.43. The number of hydrogen-bond donors (Lipinski definition) is 2. The fourth-order valence-corrected chi connectivity index (χ4v) is 12.8. The second-order valence-electron chi connectivity index (χ2n) is 18.5. The van der Waals surface area contributed by atoms with Crippen LogP contribution in [0.2, 0.25) is 0 Å². The molecule has 3 fully saturated rings. The molecule has 1 aromatic heterocycles. The number of oxime groups is 1. The van der Waals surface area contributed by atoms with E-state index in [1.54, 1.807) is 5.38 Å². The Morgan fingerprint density at radius 1 is 0.833 bits per heavy atom. The SMILES string of the molecule is CC[N+]1(CC2=C(C(=O)OC(c3ccccc3)c3ccccc3)N3C(=O)C(NC(=O)C(=NOC4CCCCO4)c4csc(NC(c5ccccc5)(c5ccccc5)c5ccccc5)n4)[C@@H]3S(=O)C2)CCCC1.[I-]. The van der Waals surface area contributed by atoms with Gasteiger partial charge in [-0.3, -0.25) is 18.7 Å². The minimum atomic E-state index is -1.70. The van der Waals surface area contributed by atoms with Gasteiger partial charge < -0.3 is 53.4 Å². The Morgan fingerprint density at radius 3 is 1.92 bits per heavy atom. The van der Waals surface area contributed by atoms with Crippen molar-refractivity contribution in [3.8, 4) is 0 Å². The molecule has 0 radical (unpaired) electrons. The van der Waals surface area contributed by atoms with Gasteiger partial charge in [-0.25, -0.2) is 9.78 Å². The smallest absolute Gasteiger partial charge is 0.356 e. The molecule has 2 amide bonds. The number of quaternary nitrogens is 1. The van der Waals surface area contributed by atoms with Crippen molar-refractivity contribution in [2.45, 2.75) is 68.4 Å². The van der Waals surface area contributed by atoms with Crippen molar-refractivity contribution in [3.63, 3.8) is 0 Å². The number of thiazole rings is 1. The van der Waals surface area contributed by atoms with Crippen molar-refractivity contribution in [2.24, 2.45) is 5.16 Å². The van der Waals surface area contributed by atoms with Crippen LogP contribution in [0.25, 0.3) is 0 Å². The van der Waals surface area contributed by atoms with Gasteiger partial charge in [0.2, 0.25) is 6.29 Å². The Labute approximate surface area is 443 Å².